The topological polar surface area (TPSA) is 33.0 Å². The lowest BCUT2D eigenvalue weighted by molar-refractivity contribution is -0.274. The number of benzene rings is 1. The van der Waals surface area contributed by atoms with Gasteiger partial charge in [-0.2, -0.15) is 5.26 Å². The first kappa shape index (κ1) is 25.1. The van der Waals surface area contributed by atoms with Gasteiger partial charge in [-0.25, -0.2) is 0 Å². The van der Waals surface area contributed by atoms with Crippen LogP contribution in [0.4, 0.5) is 13.2 Å². The number of allylic oxidation sites excluding steroid dienone is 5. The number of ether oxygens (including phenoxy) is 1. The molecule has 0 unspecified atom stereocenters. The van der Waals surface area contributed by atoms with Crippen LogP contribution in [0.25, 0.3) is 0 Å². The average Bonchev–Trinajstić information content (AvgIpc) is 2.81. The molecule has 1 aromatic carbocycles. The van der Waals surface area contributed by atoms with Crippen molar-refractivity contribution in [2.24, 2.45) is 17.8 Å². The number of halogens is 3. The van der Waals surface area contributed by atoms with Crippen LogP contribution in [0.1, 0.15) is 75.7 Å². The van der Waals surface area contributed by atoms with Crippen molar-refractivity contribution in [2.75, 3.05) is 0 Å². The molecule has 0 aliphatic heterocycles. The van der Waals surface area contributed by atoms with Crippen LogP contribution in [-0.2, 0) is 0 Å². The Kier molecular flexibility index (Phi) is 9.23. The average molecular weight is 458 g/mol. The molecular weight excluding hydrogens is 423 g/mol. The lowest BCUT2D eigenvalue weighted by Gasteiger charge is -2.36. The van der Waals surface area contributed by atoms with Crippen LogP contribution in [0.2, 0.25) is 0 Å². The van der Waals surface area contributed by atoms with E-state index in [1.165, 1.54) is 55.9 Å². The summed E-state index contributed by atoms with van der Waals surface area (Å²) in [6, 6.07) is 8.38. The zero-order valence-corrected chi connectivity index (χ0v) is 19.2. The molecule has 2 nitrogen and oxygen atoms in total. The standard InChI is InChI=1S/C28H34F3NO/c1-21(23-10-8-22(9-11-23)7-5-3-2-4-6-20-32)24-12-14-25(15-13-24)26-16-18-27(19-17-26)33-28(29,30)31/h2-4,6,16-19,22-25H,1,5,7-15H2. The largest absolute Gasteiger partial charge is 0.573 e. The fourth-order valence-electron chi connectivity index (χ4n) is 5.50. The number of alkyl halides is 3. The van der Waals surface area contributed by atoms with E-state index in [-0.39, 0.29) is 5.75 Å². The van der Waals surface area contributed by atoms with Gasteiger partial charge in [0.2, 0.25) is 0 Å². The normalized spacial score (nSPS) is 26.4. The lowest BCUT2D eigenvalue weighted by Crippen LogP contribution is -2.22. The first-order valence-electron chi connectivity index (χ1n) is 12.1. The smallest absolute Gasteiger partial charge is 0.406 e. The van der Waals surface area contributed by atoms with Gasteiger partial charge in [0.1, 0.15) is 5.75 Å². The van der Waals surface area contributed by atoms with E-state index < -0.39 is 6.36 Å². The van der Waals surface area contributed by atoms with Crippen LogP contribution < -0.4 is 4.74 Å². The minimum Gasteiger partial charge on any atom is -0.406 e. The quantitative estimate of drug-likeness (QED) is 0.222. The molecule has 0 atom stereocenters. The van der Waals surface area contributed by atoms with Crippen LogP contribution in [0, 0.1) is 29.1 Å². The summed E-state index contributed by atoms with van der Waals surface area (Å²) in [6.45, 7) is 4.51. The molecule has 0 N–H and O–H groups in total. The minimum absolute atomic E-state index is 0.157. The van der Waals surface area contributed by atoms with E-state index in [1.54, 1.807) is 18.2 Å². The van der Waals surface area contributed by atoms with E-state index in [9.17, 15) is 13.2 Å². The molecule has 0 aromatic heterocycles. The molecule has 2 aliphatic carbocycles. The van der Waals surface area contributed by atoms with E-state index in [1.807, 2.05) is 12.1 Å². The highest BCUT2D eigenvalue weighted by molar-refractivity contribution is 5.30. The fourth-order valence-corrected chi connectivity index (χ4v) is 5.50. The predicted octanol–water partition coefficient (Wildman–Crippen LogP) is 8.64. The second-order valence-corrected chi connectivity index (χ2v) is 9.45. The zero-order valence-electron chi connectivity index (χ0n) is 19.2. The summed E-state index contributed by atoms with van der Waals surface area (Å²) in [6.07, 6.45) is 14.4. The third-order valence-corrected chi connectivity index (χ3v) is 7.37. The van der Waals surface area contributed by atoms with Crippen molar-refractivity contribution in [3.05, 3.63) is 66.3 Å². The van der Waals surface area contributed by atoms with Crippen LogP contribution in [0.3, 0.4) is 0 Å². The molecule has 0 bridgehead atoms. The summed E-state index contributed by atoms with van der Waals surface area (Å²) in [7, 11) is 0. The predicted molar refractivity (Wildman–Crippen MR) is 126 cm³/mol. The van der Waals surface area contributed by atoms with E-state index >= 15 is 0 Å². The van der Waals surface area contributed by atoms with Crippen molar-refractivity contribution in [3.63, 3.8) is 0 Å². The van der Waals surface area contributed by atoms with Crippen LogP contribution in [-0.4, -0.2) is 6.36 Å². The Morgan fingerprint density at radius 2 is 1.58 bits per heavy atom. The first-order valence-corrected chi connectivity index (χ1v) is 12.1. The molecule has 3 rings (SSSR count). The molecule has 0 spiro atoms. The summed E-state index contributed by atoms with van der Waals surface area (Å²) in [5.41, 5.74) is 2.54. The number of rotatable bonds is 8. The summed E-state index contributed by atoms with van der Waals surface area (Å²) in [4.78, 5) is 0. The second-order valence-electron chi connectivity index (χ2n) is 9.45. The van der Waals surface area contributed by atoms with Gasteiger partial charge in [0.05, 0.1) is 6.07 Å². The Morgan fingerprint density at radius 1 is 0.970 bits per heavy atom. The Bertz CT molecular complexity index is 847. The maximum atomic E-state index is 12.4. The van der Waals surface area contributed by atoms with Crippen LogP contribution in [0.15, 0.2) is 60.7 Å². The Morgan fingerprint density at radius 3 is 2.15 bits per heavy atom. The lowest BCUT2D eigenvalue weighted by atomic mass is 9.69. The Labute approximate surface area is 195 Å². The minimum atomic E-state index is -4.65. The first-order chi connectivity index (χ1) is 15.9. The number of hydrogen-bond donors (Lipinski definition) is 0. The van der Waals surface area contributed by atoms with E-state index in [0.717, 1.165) is 43.6 Å². The number of nitriles is 1. The van der Waals surface area contributed by atoms with Crippen molar-refractivity contribution in [3.8, 4) is 11.8 Å². The molecule has 0 radical (unpaired) electrons. The Balaban J connectivity index is 1.39. The molecule has 0 amide bonds. The monoisotopic (exact) mass is 457 g/mol. The van der Waals surface area contributed by atoms with Crippen molar-refractivity contribution in [2.45, 2.75) is 76.5 Å². The molecule has 5 heteroatoms. The highest BCUT2D eigenvalue weighted by Crippen LogP contribution is 2.44. The fraction of sp³-hybridized carbons (Fsp3) is 0.536. The third-order valence-electron chi connectivity index (χ3n) is 7.37. The van der Waals surface area contributed by atoms with Gasteiger partial charge >= 0.3 is 6.36 Å². The van der Waals surface area contributed by atoms with Crippen molar-refractivity contribution >= 4 is 0 Å². The number of nitrogens with zero attached hydrogens (tertiary/aromatic N) is 1. The van der Waals surface area contributed by atoms with Crippen LogP contribution >= 0.6 is 0 Å². The Hall–Kier alpha value is -2.48. The second kappa shape index (κ2) is 12.1. The zero-order chi connectivity index (χ0) is 23.7. The molecule has 33 heavy (non-hydrogen) atoms. The summed E-state index contributed by atoms with van der Waals surface area (Å²) in [5, 5.41) is 8.48. The van der Waals surface area contributed by atoms with E-state index in [4.69, 9.17) is 5.26 Å². The van der Waals surface area contributed by atoms with Gasteiger partial charge in [0.15, 0.2) is 0 Å². The molecule has 178 valence electrons. The molecule has 2 aliphatic rings. The van der Waals surface area contributed by atoms with Crippen molar-refractivity contribution < 1.29 is 17.9 Å². The summed E-state index contributed by atoms with van der Waals surface area (Å²) >= 11 is 0. The molecular formula is C28H34F3NO. The van der Waals surface area contributed by atoms with Gasteiger partial charge in [-0.3, -0.25) is 0 Å². The van der Waals surface area contributed by atoms with Crippen molar-refractivity contribution in [1.82, 2.24) is 0 Å². The van der Waals surface area contributed by atoms with Gasteiger partial charge in [-0.1, -0.05) is 42.5 Å². The summed E-state index contributed by atoms with van der Waals surface area (Å²) in [5.74, 6) is 2.25. The van der Waals surface area contributed by atoms with Crippen LogP contribution in [0.5, 0.6) is 5.75 Å². The van der Waals surface area contributed by atoms with Crippen molar-refractivity contribution in [1.29, 1.82) is 5.26 Å². The van der Waals surface area contributed by atoms with E-state index in [0.29, 0.717) is 17.8 Å². The van der Waals surface area contributed by atoms with Gasteiger partial charge < -0.3 is 4.74 Å². The van der Waals surface area contributed by atoms with Gasteiger partial charge in [-0.15, -0.1) is 13.2 Å². The van der Waals surface area contributed by atoms with Gasteiger partial charge in [-0.05, 0) is 106 Å². The SMILES string of the molecule is C=C(C1CCC(CCC=CC=CC#N)CC1)C1CCC(c2ccc(OC(F)(F)F)cc2)CC1. The van der Waals surface area contributed by atoms with Gasteiger partial charge in [0, 0.05) is 6.08 Å². The highest BCUT2D eigenvalue weighted by atomic mass is 19.4. The third kappa shape index (κ3) is 8.11. The molecule has 0 saturated heterocycles. The number of hydrogen-bond acceptors (Lipinski definition) is 2. The van der Waals surface area contributed by atoms with Gasteiger partial charge in [0.25, 0.3) is 0 Å². The maximum Gasteiger partial charge on any atom is 0.573 e. The molecule has 2 fully saturated rings. The molecule has 0 heterocycles. The maximum absolute atomic E-state index is 12.4. The highest BCUT2D eigenvalue weighted by Gasteiger charge is 2.32. The molecule has 1 aromatic rings. The molecule has 2 saturated carbocycles. The summed E-state index contributed by atoms with van der Waals surface area (Å²) < 4.78 is 41.0. The van der Waals surface area contributed by atoms with E-state index in [2.05, 4.69) is 17.4 Å².